The minimum Gasteiger partial charge on any atom is -0.324 e. The van der Waals surface area contributed by atoms with Crippen LogP contribution in [0, 0.1) is 11.6 Å². The zero-order valence-electron chi connectivity index (χ0n) is 17.0. The SMILES string of the molecule is O=Cc1cc(Nc2ncc3c(n2)-c2ccc(Cl)cc2C(c2ccccc2F)=NC3)ccc1F. The Morgan fingerprint density at radius 1 is 0.939 bits per heavy atom. The molecule has 1 aliphatic heterocycles. The Hall–Kier alpha value is -3.97. The predicted octanol–water partition coefficient (Wildman–Crippen LogP) is 5.98. The number of aromatic nitrogens is 2. The minimum atomic E-state index is -0.609. The molecule has 5 rings (SSSR count). The summed E-state index contributed by atoms with van der Waals surface area (Å²) in [6, 6.07) is 15.8. The van der Waals surface area contributed by atoms with E-state index in [9.17, 15) is 13.6 Å². The molecule has 2 heterocycles. The maximum absolute atomic E-state index is 14.6. The second-order valence-electron chi connectivity index (χ2n) is 7.38. The number of fused-ring (bicyclic) bond motifs is 3. The Kier molecular flexibility index (Phi) is 5.40. The van der Waals surface area contributed by atoms with Crippen molar-refractivity contribution in [3.63, 3.8) is 0 Å². The van der Waals surface area contributed by atoms with Gasteiger partial charge in [-0.15, -0.1) is 0 Å². The van der Waals surface area contributed by atoms with E-state index in [4.69, 9.17) is 11.6 Å². The third-order valence-corrected chi connectivity index (χ3v) is 5.51. The molecule has 0 saturated heterocycles. The van der Waals surface area contributed by atoms with Crippen LogP contribution in [0.3, 0.4) is 0 Å². The average Bonchev–Trinajstić information content (AvgIpc) is 2.97. The van der Waals surface area contributed by atoms with Crippen molar-refractivity contribution in [1.82, 2.24) is 9.97 Å². The first kappa shape index (κ1) is 20.9. The van der Waals surface area contributed by atoms with Crippen LogP contribution < -0.4 is 5.32 Å². The fourth-order valence-electron chi connectivity index (χ4n) is 3.71. The maximum atomic E-state index is 14.6. The van der Waals surface area contributed by atoms with Crippen molar-refractivity contribution in [1.29, 1.82) is 0 Å². The Labute approximate surface area is 192 Å². The molecular formula is C25H15ClF2N4O. The van der Waals surface area contributed by atoms with E-state index < -0.39 is 5.82 Å². The largest absolute Gasteiger partial charge is 0.324 e. The van der Waals surface area contributed by atoms with Crippen molar-refractivity contribution in [3.8, 4) is 11.3 Å². The molecule has 0 atom stereocenters. The van der Waals surface area contributed by atoms with Gasteiger partial charge in [0.25, 0.3) is 0 Å². The number of halogens is 3. The van der Waals surface area contributed by atoms with Gasteiger partial charge in [-0.3, -0.25) is 9.79 Å². The van der Waals surface area contributed by atoms with Crippen molar-refractivity contribution >= 4 is 35.2 Å². The standard InChI is InChI=1S/C25H15ClF2N4O/c26-16-5-7-18-20(10-16)24(19-3-1-2-4-22(19)28)29-11-15-12-30-25(32-23(15)18)31-17-6-8-21(27)14(9-17)13-33/h1-10,12-13H,11H2,(H,30,31,32). The lowest BCUT2D eigenvalue weighted by molar-refractivity contribution is 0.112. The van der Waals surface area contributed by atoms with E-state index >= 15 is 0 Å². The molecule has 0 aliphatic carbocycles. The number of nitrogens with zero attached hydrogens (tertiary/aromatic N) is 3. The van der Waals surface area contributed by atoms with Crippen LogP contribution >= 0.6 is 11.6 Å². The second kappa shape index (κ2) is 8.52. The fraction of sp³-hybridized carbons (Fsp3) is 0.0400. The van der Waals surface area contributed by atoms with Crippen LogP contribution in [0.25, 0.3) is 11.3 Å². The van der Waals surface area contributed by atoms with Gasteiger partial charge in [0.15, 0.2) is 6.29 Å². The number of aldehydes is 1. The first-order chi connectivity index (χ1) is 16.0. The van der Waals surface area contributed by atoms with E-state index in [0.717, 1.165) is 11.1 Å². The molecule has 0 fully saturated rings. The van der Waals surface area contributed by atoms with Gasteiger partial charge in [-0.1, -0.05) is 29.8 Å². The lowest BCUT2D eigenvalue weighted by atomic mass is 9.95. The summed E-state index contributed by atoms with van der Waals surface area (Å²) in [6.45, 7) is 0.247. The summed E-state index contributed by atoms with van der Waals surface area (Å²) in [4.78, 5) is 24.7. The molecule has 0 amide bonds. The lowest BCUT2D eigenvalue weighted by Gasteiger charge is -2.13. The lowest BCUT2D eigenvalue weighted by Crippen LogP contribution is -2.07. The zero-order valence-corrected chi connectivity index (χ0v) is 17.8. The fourth-order valence-corrected chi connectivity index (χ4v) is 3.88. The van der Waals surface area contributed by atoms with Crippen molar-refractivity contribution in [2.75, 3.05) is 5.32 Å². The zero-order chi connectivity index (χ0) is 22.9. The van der Waals surface area contributed by atoms with Gasteiger partial charge < -0.3 is 5.32 Å². The van der Waals surface area contributed by atoms with Crippen LogP contribution in [0.15, 0.2) is 71.9 Å². The normalized spacial score (nSPS) is 12.3. The molecule has 4 aromatic rings. The third-order valence-electron chi connectivity index (χ3n) is 5.27. The maximum Gasteiger partial charge on any atom is 0.227 e. The van der Waals surface area contributed by atoms with Gasteiger partial charge >= 0.3 is 0 Å². The van der Waals surface area contributed by atoms with Gasteiger partial charge in [-0.25, -0.2) is 18.7 Å². The summed E-state index contributed by atoms with van der Waals surface area (Å²) in [5, 5.41) is 3.49. The number of carbonyl (C=O) groups excluding carboxylic acids is 1. The molecule has 5 nitrogen and oxygen atoms in total. The molecule has 1 aromatic heterocycles. The predicted molar refractivity (Wildman–Crippen MR) is 123 cm³/mol. The topological polar surface area (TPSA) is 67.2 Å². The highest BCUT2D eigenvalue weighted by atomic mass is 35.5. The summed E-state index contributed by atoms with van der Waals surface area (Å²) in [5.74, 6) is -0.738. The summed E-state index contributed by atoms with van der Waals surface area (Å²) < 4.78 is 28.3. The highest BCUT2D eigenvalue weighted by Crippen LogP contribution is 2.34. The van der Waals surface area contributed by atoms with E-state index in [-0.39, 0.29) is 23.9 Å². The van der Waals surface area contributed by atoms with Crippen molar-refractivity contribution in [2.45, 2.75) is 6.54 Å². The number of anilines is 2. The number of nitrogens with one attached hydrogen (secondary N) is 1. The van der Waals surface area contributed by atoms with E-state index in [2.05, 4.69) is 20.3 Å². The van der Waals surface area contributed by atoms with Crippen molar-refractivity contribution in [3.05, 3.63) is 106 Å². The number of carbonyl (C=O) groups is 1. The van der Waals surface area contributed by atoms with Crippen molar-refractivity contribution < 1.29 is 13.6 Å². The summed E-state index contributed by atoms with van der Waals surface area (Å²) in [7, 11) is 0. The summed E-state index contributed by atoms with van der Waals surface area (Å²) >= 11 is 6.28. The molecule has 0 radical (unpaired) electrons. The quantitative estimate of drug-likeness (QED) is 0.380. The van der Waals surface area contributed by atoms with Crippen LogP contribution in [0.5, 0.6) is 0 Å². The van der Waals surface area contributed by atoms with E-state index in [0.29, 0.717) is 39.5 Å². The first-order valence-electron chi connectivity index (χ1n) is 10.0. The number of hydrogen-bond acceptors (Lipinski definition) is 5. The Morgan fingerprint density at radius 2 is 1.79 bits per heavy atom. The van der Waals surface area contributed by atoms with Crippen LogP contribution in [0.4, 0.5) is 20.4 Å². The summed E-state index contributed by atoms with van der Waals surface area (Å²) in [5.41, 5.74) is 3.99. The monoisotopic (exact) mass is 460 g/mol. The van der Waals surface area contributed by atoms with Gasteiger partial charge in [-0.05, 0) is 42.5 Å². The number of benzene rings is 3. The number of hydrogen-bond donors (Lipinski definition) is 1. The van der Waals surface area contributed by atoms with Gasteiger partial charge in [0, 0.05) is 39.2 Å². The molecule has 3 aromatic carbocycles. The number of rotatable bonds is 4. The van der Waals surface area contributed by atoms with Gasteiger partial charge in [0.1, 0.15) is 11.6 Å². The van der Waals surface area contributed by atoms with Gasteiger partial charge in [-0.2, -0.15) is 0 Å². The number of aliphatic imine (C=N–C) groups is 1. The van der Waals surface area contributed by atoms with E-state index in [1.807, 2.05) is 6.07 Å². The highest BCUT2D eigenvalue weighted by Gasteiger charge is 2.23. The molecule has 8 heteroatoms. The van der Waals surface area contributed by atoms with Crippen LogP contribution in [-0.2, 0) is 6.54 Å². The first-order valence-corrected chi connectivity index (χ1v) is 10.4. The second-order valence-corrected chi connectivity index (χ2v) is 7.82. The molecular weight excluding hydrogens is 446 g/mol. The summed E-state index contributed by atoms with van der Waals surface area (Å²) in [6.07, 6.45) is 2.08. The van der Waals surface area contributed by atoms with Crippen LogP contribution in [0.1, 0.15) is 27.0 Å². The smallest absolute Gasteiger partial charge is 0.227 e. The molecule has 1 N–H and O–H groups in total. The van der Waals surface area contributed by atoms with Crippen LogP contribution in [0.2, 0.25) is 5.02 Å². The molecule has 1 aliphatic rings. The molecule has 33 heavy (non-hydrogen) atoms. The molecule has 162 valence electrons. The average molecular weight is 461 g/mol. The van der Waals surface area contributed by atoms with E-state index in [1.165, 1.54) is 24.3 Å². The highest BCUT2D eigenvalue weighted by molar-refractivity contribution is 6.31. The molecule has 0 spiro atoms. The Balaban J connectivity index is 1.61. The molecule has 0 unspecified atom stereocenters. The Bertz CT molecular complexity index is 1440. The van der Waals surface area contributed by atoms with Gasteiger partial charge in [0.2, 0.25) is 5.95 Å². The van der Waals surface area contributed by atoms with E-state index in [1.54, 1.807) is 36.5 Å². The van der Waals surface area contributed by atoms with Crippen molar-refractivity contribution in [2.24, 2.45) is 4.99 Å². The third kappa shape index (κ3) is 3.99. The molecule has 0 saturated carbocycles. The Morgan fingerprint density at radius 3 is 2.61 bits per heavy atom. The van der Waals surface area contributed by atoms with Crippen LogP contribution in [-0.4, -0.2) is 22.0 Å². The minimum absolute atomic E-state index is 0.0716. The van der Waals surface area contributed by atoms with Gasteiger partial charge in [0.05, 0.1) is 23.5 Å². The molecule has 0 bridgehead atoms.